The number of rotatable bonds is 2. The minimum absolute atomic E-state index is 0. The van der Waals surface area contributed by atoms with Gasteiger partial charge in [-0.2, -0.15) is 0 Å². The highest BCUT2D eigenvalue weighted by atomic mass is 35.5. The van der Waals surface area contributed by atoms with Crippen LogP contribution in [0.4, 0.5) is 10.1 Å². The number of carbonyl (C=O) groups excluding carboxylic acids is 1. The van der Waals surface area contributed by atoms with E-state index in [1.54, 1.807) is 24.3 Å². The summed E-state index contributed by atoms with van der Waals surface area (Å²) in [6.45, 7) is 2.64. The molecule has 1 aliphatic heterocycles. The number of likely N-dealkylation sites (tertiary alicyclic amines) is 1. The molecule has 1 aliphatic rings. The SMILES string of the molecule is Cc1ccc(N)cc1C(=O)N1CCCCC1c1ccc(F)cc1.Cl. The van der Waals surface area contributed by atoms with Gasteiger partial charge in [-0.1, -0.05) is 18.2 Å². The number of aryl methyl sites for hydroxylation is 1. The fourth-order valence-electron chi connectivity index (χ4n) is 3.23. The summed E-state index contributed by atoms with van der Waals surface area (Å²) in [5.74, 6) is -0.252. The Morgan fingerprint density at radius 3 is 2.58 bits per heavy atom. The molecule has 3 rings (SSSR count). The normalized spacial score (nSPS) is 17.2. The Bertz CT molecular complexity index is 718. The summed E-state index contributed by atoms with van der Waals surface area (Å²) in [4.78, 5) is 14.9. The standard InChI is InChI=1S/C19H21FN2O.ClH/c1-13-5-10-16(21)12-17(13)19(23)22-11-3-2-4-18(22)14-6-8-15(20)9-7-14;/h5-10,12,18H,2-4,11,21H2,1H3;1H. The Balaban J connectivity index is 0.00000208. The van der Waals surface area contributed by atoms with E-state index in [1.165, 1.54) is 12.1 Å². The molecular weight excluding hydrogens is 327 g/mol. The molecule has 1 atom stereocenters. The van der Waals surface area contributed by atoms with E-state index in [1.807, 2.05) is 17.9 Å². The maximum atomic E-state index is 13.2. The number of hydrogen-bond acceptors (Lipinski definition) is 2. The van der Waals surface area contributed by atoms with Crippen molar-refractivity contribution in [3.05, 3.63) is 65.0 Å². The molecule has 24 heavy (non-hydrogen) atoms. The predicted octanol–water partition coefficient (Wildman–Crippen LogP) is 4.51. The van der Waals surface area contributed by atoms with Gasteiger partial charge in [-0.05, 0) is 61.6 Å². The summed E-state index contributed by atoms with van der Waals surface area (Å²) in [5, 5.41) is 0. The van der Waals surface area contributed by atoms with Gasteiger partial charge in [-0.3, -0.25) is 4.79 Å². The number of nitrogen functional groups attached to an aromatic ring is 1. The molecule has 128 valence electrons. The van der Waals surface area contributed by atoms with Gasteiger partial charge in [0.05, 0.1) is 6.04 Å². The second kappa shape index (κ2) is 7.67. The van der Waals surface area contributed by atoms with Gasteiger partial charge in [0.25, 0.3) is 5.91 Å². The number of piperidine rings is 1. The number of amides is 1. The van der Waals surface area contributed by atoms with E-state index in [0.29, 0.717) is 11.3 Å². The van der Waals surface area contributed by atoms with Gasteiger partial charge >= 0.3 is 0 Å². The molecule has 0 bridgehead atoms. The van der Waals surface area contributed by atoms with E-state index in [9.17, 15) is 9.18 Å². The molecule has 1 unspecified atom stereocenters. The van der Waals surface area contributed by atoms with E-state index < -0.39 is 0 Å². The topological polar surface area (TPSA) is 46.3 Å². The monoisotopic (exact) mass is 348 g/mol. The van der Waals surface area contributed by atoms with E-state index in [2.05, 4.69) is 0 Å². The fraction of sp³-hybridized carbons (Fsp3) is 0.316. The molecule has 0 aliphatic carbocycles. The number of nitrogens with zero attached hydrogens (tertiary/aromatic N) is 1. The summed E-state index contributed by atoms with van der Waals surface area (Å²) in [6.07, 6.45) is 2.96. The van der Waals surface area contributed by atoms with Crippen molar-refractivity contribution in [3.63, 3.8) is 0 Å². The van der Waals surface area contributed by atoms with Crippen LogP contribution in [0.15, 0.2) is 42.5 Å². The Morgan fingerprint density at radius 2 is 1.88 bits per heavy atom. The fourth-order valence-corrected chi connectivity index (χ4v) is 3.23. The van der Waals surface area contributed by atoms with Crippen molar-refractivity contribution in [1.29, 1.82) is 0 Å². The van der Waals surface area contributed by atoms with Gasteiger partial charge in [0, 0.05) is 17.8 Å². The number of carbonyl (C=O) groups is 1. The molecule has 2 aromatic carbocycles. The van der Waals surface area contributed by atoms with Crippen molar-refractivity contribution in [2.45, 2.75) is 32.2 Å². The molecule has 1 heterocycles. The zero-order valence-corrected chi connectivity index (χ0v) is 14.5. The van der Waals surface area contributed by atoms with Crippen LogP contribution in [0.5, 0.6) is 0 Å². The molecule has 1 saturated heterocycles. The molecule has 1 amide bonds. The molecule has 5 heteroatoms. The summed E-state index contributed by atoms with van der Waals surface area (Å²) in [5.41, 5.74) is 9.00. The Labute approximate surface area is 148 Å². The van der Waals surface area contributed by atoms with E-state index >= 15 is 0 Å². The third-order valence-electron chi connectivity index (χ3n) is 4.51. The highest BCUT2D eigenvalue weighted by molar-refractivity contribution is 5.96. The second-order valence-electron chi connectivity index (χ2n) is 6.14. The lowest BCUT2D eigenvalue weighted by Gasteiger charge is -2.36. The lowest BCUT2D eigenvalue weighted by atomic mass is 9.94. The first-order chi connectivity index (χ1) is 11.1. The smallest absolute Gasteiger partial charge is 0.254 e. The number of halogens is 2. The molecule has 0 spiro atoms. The van der Waals surface area contributed by atoms with Gasteiger partial charge in [0.2, 0.25) is 0 Å². The number of anilines is 1. The van der Waals surface area contributed by atoms with Crippen molar-refractivity contribution in [2.24, 2.45) is 0 Å². The first kappa shape index (κ1) is 18.3. The summed E-state index contributed by atoms with van der Waals surface area (Å²) in [7, 11) is 0. The predicted molar refractivity (Wildman–Crippen MR) is 96.9 cm³/mol. The van der Waals surface area contributed by atoms with Gasteiger partial charge < -0.3 is 10.6 Å². The zero-order valence-electron chi connectivity index (χ0n) is 13.7. The van der Waals surface area contributed by atoms with Crippen LogP contribution in [0.1, 0.15) is 46.8 Å². The van der Waals surface area contributed by atoms with Crippen LogP contribution in [-0.4, -0.2) is 17.4 Å². The maximum absolute atomic E-state index is 13.2. The molecule has 2 N–H and O–H groups in total. The van der Waals surface area contributed by atoms with Crippen LogP contribution >= 0.6 is 12.4 Å². The Morgan fingerprint density at radius 1 is 1.17 bits per heavy atom. The summed E-state index contributed by atoms with van der Waals surface area (Å²) in [6, 6.07) is 11.9. The van der Waals surface area contributed by atoms with Crippen molar-refractivity contribution in [1.82, 2.24) is 4.90 Å². The molecule has 0 aromatic heterocycles. The minimum atomic E-state index is -0.255. The highest BCUT2D eigenvalue weighted by Gasteiger charge is 2.29. The molecule has 0 radical (unpaired) electrons. The third-order valence-corrected chi connectivity index (χ3v) is 4.51. The van der Waals surface area contributed by atoms with Crippen LogP contribution in [-0.2, 0) is 0 Å². The maximum Gasteiger partial charge on any atom is 0.254 e. The first-order valence-corrected chi connectivity index (χ1v) is 7.99. The molecule has 1 fully saturated rings. The molecule has 3 nitrogen and oxygen atoms in total. The van der Waals surface area contributed by atoms with Crippen molar-refractivity contribution < 1.29 is 9.18 Å². The molecular formula is C19H22ClFN2O. The lowest BCUT2D eigenvalue weighted by molar-refractivity contribution is 0.0611. The number of hydrogen-bond donors (Lipinski definition) is 1. The van der Waals surface area contributed by atoms with E-state index in [-0.39, 0.29) is 30.2 Å². The molecule has 2 aromatic rings. The largest absolute Gasteiger partial charge is 0.399 e. The Kier molecular flexibility index (Phi) is 5.84. The Hall–Kier alpha value is -2.07. The molecule has 0 saturated carbocycles. The van der Waals surface area contributed by atoms with Crippen LogP contribution in [0, 0.1) is 12.7 Å². The van der Waals surface area contributed by atoms with Gasteiger partial charge in [-0.15, -0.1) is 12.4 Å². The summed E-state index contributed by atoms with van der Waals surface area (Å²) >= 11 is 0. The van der Waals surface area contributed by atoms with Crippen LogP contribution < -0.4 is 5.73 Å². The van der Waals surface area contributed by atoms with Gasteiger partial charge in [0.1, 0.15) is 5.82 Å². The average molecular weight is 349 g/mol. The average Bonchev–Trinajstić information content (AvgIpc) is 2.57. The highest BCUT2D eigenvalue weighted by Crippen LogP contribution is 2.32. The lowest BCUT2D eigenvalue weighted by Crippen LogP contribution is -2.38. The van der Waals surface area contributed by atoms with Crippen LogP contribution in [0.2, 0.25) is 0 Å². The van der Waals surface area contributed by atoms with E-state index in [0.717, 1.165) is 36.9 Å². The van der Waals surface area contributed by atoms with Crippen molar-refractivity contribution in [2.75, 3.05) is 12.3 Å². The first-order valence-electron chi connectivity index (χ1n) is 7.99. The van der Waals surface area contributed by atoms with Crippen molar-refractivity contribution >= 4 is 24.0 Å². The van der Waals surface area contributed by atoms with Crippen LogP contribution in [0.3, 0.4) is 0 Å². The third kappa shape index (κ3) is 3.70. The minimum Gasteiger partial charge on any atom is -0.399 e. The second-order valence-corrected chi connectivity index (χ2v) is 6.14. The van der Waals surface area contributed by atoms with E-state index in [4.69, 9.17) is 5.73 Å². The number of benzene rings is 2. The summed E-state index contributed by atoms with van der Waals surface area (Å²) < 4.78 is 13.2. The van der Waals surface area contributed by atoms with Crippen molar-refractivity contribution in [3.8, 4) is 0 Å². The quantitative estimate of drug-likeness (QED) is 0.812. The van der Waals surface area contributed by atoms with Gasteiger partial charge in [0.15, 0.2) is 0 Å². The zero-order chi connectivity index (χ0) is 16.4. The van der Waals surface area contributed by atoms with Crippen LogP contribution in [0.25, 0.3) is 0 Å². The van der Waals surface area contributed by atoms with Gasteiger partial charge in [-0.25, -0.2) is 4.39 Å². The number of nitrogens with two attached hydrogens (primary N) is 1.